The number of carbonyl (C=O) groups is 1. The van der Waals surface area contributed by atoms with Gasteiger partial charge < -0.3 is 14.2 Å². The second-order valence-electron chi connectivity index (χ2n) is 8.95. The average Bonchev–Trinajstić information content (AvgIpc) is 3.26. The number of carbonyl (C=O) groups excluding carboxylic acids is 1. The minimum atomic E-state index is -0.223. The van der Waals surface area contributed by atoms with Crippen LogP contribution >= 0.6 is 0 Å². The van der Waals surface area contributed by atoms with E-state index in [1.807, 2.05) is 51.2 Å². The average molecular weight is 488 g/mol. The molecule has 0 saturated heterocycles. The molecule has 0 spiro atoms. The Morgan fingerprint density at radius 2 is 1.81 bits per heavy atom. The summed E-state index contributed by atoms with van der Waals surface area (Å²) >= 11 is 0. The number of benzene rings is 3. The molecule has 1 atom stereocenters. The van der Waals surface area contributed by atoms with Crippen LogP contribution in [0.1, 0.15) is 52.6 Å². The number of aryl methyl sites for hydroxylation is 3. The molecule has 0 fully saturated rings. The maximum Gasteiger partial charge on any atom is 0.306 e. The Balaban J connectivity index is 1.61. The Bertz CT molecular complexity index is 1340. The summed E-state index contributed by atoms with van der Waals surface area (Å²) in [6, 6.07) is 18.3. The van der Waals surface area contributed by atoms with E-state index in [2.05, 4.69) is 41.5 Å². The molecule has 188 valence electrons. The first-order valence-electron chi connectivity index (χ1n) is 12.2. The zero-order valence-electron chi connectivity index (χ0n) is 21.6. The van der Waals surface area contributed by atoms with Crippen molar-refractivity contribution >= 4 is 17.0 Å². The van der Waals surface area contributed by atoms with Crippen LogP contribution in [-0.2, 0) is 34.5 Å². The SMILES string of the molecule is CCOC(=O)CC(c1ccc(C)c(COCc2ccc(OC)cc2)c1)c1ccc2c(nnn2C)c1C. The van der Waals surface area contributed by atoms with E-state index in [1.165, 1.54) is 0 Å². The molecule has 4 aromatic rings. The highest BCUT2D eigenvalue weighted by atomic mass is 16.5. The number of methoxy groups -OCH3 is 1. The number of fused-ring (bicyclic) bond motifs is 1. The van der Waals surface area contributed by atoms with Gasteiger partial charge in [0.05, 0.1) is 38.9 Å². The van der Waals surface area contributed by atoms with E-state index in [0.717, 1.165) is 50.2 Å². The first kappa shape index (κ1) is 25.4. The van der Waals surface area contributed by atoms with Crippen LogP contribution in [0, 0.1) is 13.8 Å². The molecule has 0 N–H and O–H groups in total. The maximum absolute atomic E-state index is 12.6. The summed E-state index contributed by atoms with van der Waals surface area (Å²) in [6.45, 7) is 7.27. The Morgan fingerprint density at radius 1 is 1.03 bits per heavy atom. The van der Waals surface area contributed by atoms with Crippen molar-refractivity contribution in [2.75, 3.05) is 13.7 Å². The van der Waals surface area contributed by atoms with Crippen molar-refractivity contribution in [3.63, 3.8) is 0 Å². The number of aromatic nitrogens is 3. The predicted octanol–water partition coefficient (Wildman–Crippen LogP) is 5.40. The van der Waals surface area contributed by atoms with E-state index >= 15 is 0 Å². The molecule has 36 heavy (non-hydrogen) atoms. The molecule has 4 rings (SSSR count). The molecule has 0 saturated carbocycles. The molecule has 0 amide bonds. The van der Waals surface area contributed by atoms with Gasteiger partial charge in [-0.15, -0.1) is 5.10 Å². The second-order valence-corrected chi connectivity index (χ2v) is 8.95. The minimum absolute atomic E-state index is 0.170. The fourth-order valence-electron chi connectivity index (χ4n) is 4.48. The van der Waals surface area contributed by atoms with Gasteiger partial charge in [0.2, 0.25) is 0 Å². The van der Waals surface area contributed by atoms with Gasteiger partial charge in [-0.2, -0.15) is 0 Å². The van der Waals surface area contributed by atoms with Crippen LogP contribution in [0.5, 0.6) is 5.75 Å². The van der Waals surface area contributed by atoms with Gasteiger partial charge in [-0.1, -0.05) is 41.6 Å². The van der Waals surface area contributed by atoms with E-state index in [4.69, 9.17) is 14.2 Å². The van der Waals surface area contributed by atoms with E-state index in [-0.39, 0.29) is 18.3 Å². The van der Waals surface area contributed by atoms with Crippen molar-refractivity contribution in [2.24, 2.45) is 7.05 Å². The molecule has 3 aromatic carbocycles. The number of hydrogen-bond donors (Lipinski definition) is 0. The van der Waals surface area contributed by atoms with Crippen LogP contribution in [0.25, 0.3) is 11.0 Å². The number of esters is 1. The van der Waals surface area contributed by atoms with Crippen molar-refractivity contribution in [3.05, 3.63) is 88.0 Å². The summed E-state index contributed by atoms with van der Waals surface area (Å²) in [7, 11) is 3.53. The Labute approximate surface area is 212 Å². The van der Waals surface area contributed by atoms with E-state index < -0.39 is 0 Å². The molecule has 1 unspecified atom stereocenters. The summed E-state index contributed by atoms with van der Waals surface area (Å²) in [6.07, 6.45) is 0.246. The maximum atomic E-state index is 12.6. The third-order valence-electron chi connectivity index (χ3n) is 6.59. The molecule has 7 heteroatoms. The summed E-state index contributed by atoms with van der Waals surface area (Å²) in [5.74, 6) is 0.431. The van der Waals surface area contributed by atoms with E-state index in [1.54, 1.807) is 11.8 Å². The van der Waals surface area contributed by atoms with Gasteiger partial charge in [-0.25, -0.2) is 4.68 Å². The van der Waals surface area contributed by atoms with Crippen molar-refractivity contribution < 1.29 is 19.0 Å². The van der Waals surface area contributed by atoms with Crippen LogP contribution < -0.4 is 4.74 Å². The summed E-state index contributed by atoms with van der Waals surface area (Å²) < 4.78 is 18.4. The Hall–Kier alpha value is -3.71. The van der Waals surface area contributed by atoms with Crippen LogP contribution in [0.15, 0.2) is 54.6 Å². The number of nitrogens with zero attached hydrogens (tertiary/aromatic N) is 3. The van der Waals surface area contributed by atoms with E-state index in [9.17, 15) is 4.79 Å². The van der Waals surface area contributed by atoms with Crippen molar-refractivity contribution in [3.8, 4) is 5.75 Å². The fraction of sp³-hybridized carbons (Fsp3) is 0.345. The van der Waals surface area contributed by atoms with Crippen LogP contribution in [0.4, 0.5) is 0 Å². The monoisotopic (exact) mass is 487 g/mol. The van der Waals surface area contributed by atoms with Gasteiger partial charge in [0.25, 0.3) is 0 Å². The molecule has 0 bridgehead atoms. The highest BCUT2D eigenvalue weighted by Crippen LogP contribution is 2.34. The van der Waals surface area contributed by atoms with Gasteiger partial charge >= 0.3 is 5.97 Å². The van der Waals surface area contributed by atoms with Gasteiger partial charge in [-0.3, -0.25) is 4.79 Å². The zero-order valence-corrected chi connectivity index (χ0v) is 21.6. The fourth-order valence-corrected chi connectivity index (χ4v) is 4.48. The third kappa shape index (κ3) is 5.57. The normalized spacial score (nSPS) is 12.0. The van der Waals surface area contributed by atoms with Gasteiger partial charge in [0, 0.05) is 13.0 Å². The molecule has 1 heterocycles. The van der Waals surface area contributed by atoms with Crippen molar-refractivity contribution in [1.29, 1.82) is 0 Å². The minimum Gasteiger partial charge on any atom is -0.497 e. The first-order valence-corrected chi connectivity index (χ1v) is 12.2. The lowest BCUT2D eigenvalue weighted by Gasteiger charge is -2.21. The lowest BCUT2D eigenvalue weighted by molar-refractivity contribution is -0.143. The first-order chi connectivity index (χ1) is 17.4. The van der Waals surface area contributed by atoms with Crippen LogP contribution in [0.3, 0.4) is 0 Å². The van der Waals surface area contributed by atoms with Crippen molar-refractivity contribution in [1.82, 2.24) is 15.0 Å². The topological polar surface area (TPSA) is 75.5 Å². The van der Waals surface area contributed by atoms with Gasteiger partial charge in [0.15, 0.2) is 0 Å². The van der Waals surface area contributed by atoms with Crippen LogP contribution in [-0.4, -0.2) is 34.7 Å². The molecule has 1 aromatic heterocycles. The number of ether oxygens (including phenoxy) is 3. The molecule has 0 aliphatic carbocycles. The predicted molar refractivity (Wildman–Crippen MR) is 139 cm³/mol. The zero-order chi connectivity index (χ0) is 25.7. The molecule has 0 aliphatic heterocycles. The molecular formula is C29H33N3O4. The van der Waals surface area contributed by atoms with Gasteiger partial charge in [-0.05, 0) is 72.4 Å². The standard InChI is InChI=1S/C29H33N3O4/c1-6-36-28(33)16-26(25-13-14-27-29(20(25)3)30-31-32(27)4)22-10-7-19(2)23(15-22)18-35-17-21-8-11-24(34-5)12-9-21/h7-15,26H,6,16-18H2,1-5H3. The molecule has 0 radical (unpaired) electrons. The molecule has 0 aliphatic rings. The number of rotatable bonds is 10. The van der Waals surface area contributed by atoms with Crippen LogP contribution in [0.2, 0.25) is 0 Å². The summed E-state index contributed by atoms with van der Waals surface area (Å²) in [5, 5.41) is 8.52. The summed E-state index contributed by atoms with van der Waals surface area (Å²) in [4.78, 5) is 12.6. The Morgan fingerprint density at radius 3 is 2.53 bits per heavy atom. The quantitative estimate of drug-likeness (QED) is 0.279. The molecule has 7 nitrogen and oxygen atoms in total. The highest BCUT2D eigenvalue weighted by molar-refractivity contribution is 5.80. The number of hydrogen-bond acceptors (Lipinski definition) is 6. The molecular weight excluding hydrogens is 454 g/mol. The van der Waals surface area contributed by atoms with Gasteiger partial charge in [0.1, 0.15) is 11.3 Å². The summed E-state index contributed by atoms with van der Waals surface area (Å²) in [5.41, 5.74) is 8.23. The van der Waals surface area contributed by atoms with Crippen molar-refractivity contribution in [2.45, 2.75) is 46.3 Å². The lowest BCUT2D eigenvalue weighted by atomic mass is 9.84. The largest absolute Gasteiger partial charge is 0.497 e. The lowest BCUT2D eigenvalue weighted by Crippen LogP contribution is -2.13. The van der Waals surface area contributed by atoms with E-state index in [0.29, 0.717) is 19.8 Å². The smallest absolute Gasteiger partial charge is 0.306 e. The third-order valence-corrected chi connectivity index (χ3v) is 6.59. The Kier molecular flexibility index (Phi) is 8.00. The second kappa shape index (κ2) is 11.4. The highest BCUT2D eigenvalue weighted by Gasteiger charge is 2.23.